The number of rotatable bonds is 7. The molecule has 3 nitrogen and oxygen atoms in total. The Bertz CT molecular complexity index is 387. The molecular weight excluding hydrogens is 267 g/mol. The van der Waals surface area contributed by atoms with Crippen molar-refractivity contribution in [1.82, 2.24) is 10.6 Å². The molecule has 1 amide bonds. The van der Waals surface area contributed by atoms with E-state index >= 15 is 0 Å². The molecule has 1 unspecified atom stereocenters. The minimum absolute atomic E-state index is 0. The largest absolute Gasteiger partial charge is 0.356 e. The second kappa shape index (κ2) is 9.75. The van der Waals surface area contributed by atoms with Crippen molar-refractivity contribution >= 4 is 18.3 Å². The summed E-state index contributed by atoms with van der Waals surface area (Å²) in [6.45, 7) is 3.50. The van der Waals surface area contributed by atoms with Crippen LogP contribution in [0.5, 0.6) is 0 Å². The molecule has 0 spiro atoms. The van der Waals surface area contributed by atoms with Crippen molar-refractivity contribution in [3.63, 3.8) is 0 Å². The molecule has 108 valence electrons. The summed E-state index contributed by atoms with van der Waals surface area (Å²) in [5, 5.41) is 5.88. The summed E-state index contributed by atoms with van der Waals surface area (Å²) in [7, 11) is 1.88. The van der Waals surface area contributed by atoms with Gasteiger partial charge < -0.3 is 10.6 Å². The Balaban J connectivity index is 0.00000324. The third-order valence-electron chi connectivity index (χ3n) is 2.84. The van der Waals surface area contributed by atoms with Crippen LogP contribution in [-0.4, -0.2) is 26.0 Å². The van der Waals surface area contributed by atoms with Crippen molar-refractivity contribution in [3.05, 3.63) is 35.6 Å². The average Bonchev–Trinajstić information content (AvgIpc) is 2.34. The van der Waals surface area contributed by atoms with Crippen LogP contribution in [0.15, 0.2) is 24.3 Å². The van der Waals surface area contributed by atoms with Crippen molar-refractivity contribution in [1.29, 1.82) is 0 Å². The van der Waals surface area contributed by atoms with Crippen molar-refractivity contribution in [2.24, 2.45) is 0 Å². The van der Waals surface area contributed by atoms with Gasteiger partial charge in [0.05, 0.1) is 0 Å². The second-order valence-electron chi connectivity index (χ2n) is 4.47. The van der Waals surface area contributed by atoms with Crippen LogP contribution in [0, 0.1) is 5.82 Å². The minimum atomic E-state index is -0.256. The lowest BCUT2D eigenvalue weighted by atomic mass is 9.97. The van der Waals surface area contributed by atoms with Crippen molar-refractivity contribution in [2.75, 3.05) is 20.1 Å². The van der Waals surface area contributed by atoms with Crippen LogP contribution in [0.4, 0.5) is 4.39 Å². The molecule has 0 aromatic heterocycles. The second-order valence-corrected chi connectivity index (χ2v) is 4.47. The van der Waals surface area contributed by atoms with E-state index < -0.39 is 0 Å². The highest BCUT2D eigenvalue weighted by Crippen LogP contribution is 2.19. The van der Waals surface area contributed by atoms with E-state index in [2.05, 4.69) is 10.6 Å². The molecule has 0 aliphatic carbocycles. The summed E-state index contributed by atoms with van der Waals surface area (Å²) in [5.74, 6) is -0.207. The highest BCUT2D eigenvalue weighted by atomic mass is 35.5. The van der Waals surface area contributed by atoms with Crippen molar-refractivity contribution < 1.29 is 9.18 Å². The summed E-state index contributed by atoms with van der Waals surface area (Å²) in [6, 6.07) is 6.42. The highest BCUT2D eigenvalue weighted by Gasteiger charge is 2.11. The van der Waals surface area contributed by atoms with Crippen LogP contribution < -0.4 is 10.6 Å². The molecule has 19 heavy (non-hydrogen) atoms. The Morgan fingerprint density at radius 3 is 2.74 bits per heavy atom. The maximum atomic E-state index is 13.0. The van der Waals surface area contributed by atoms with Gasteiger partial charge in [-0.2, -0.15) is 0 Å². The Hall–Kier alpha value is -1.13. The zero-order valence-electron chi connectivity index (χ0n) is 11.4. The zero-order chi connectivity index (χ0) is 13.4. The van der Waals surface area contributed by atoms with E-state index in [1.165, 1.54) is 12.1 Å². The first-order valence-corrected chi connectivity index (χ1v) is 6.30. The molecule has 0 radical (unpaired) electrons. The lowest BCUT2D eigenvalue weighted by Gasteiger charge is -2.12. The SMILES string of the molecule is CNCCCNC(=O)CC(C)c1cccc(F)c1.Cl. The minimum Gasteiger partial charge on any atom is -0.356 e. The summed E-state index contributed by atoms with van der Waals surface area (Å²) in [5.41, 5.74) is 0.861. The molecular formula is C14H22ClFN2O. The molecule has 0 fully saturated rings. The molecule has 0 saturated carbocycles. The number of hydrogen-bond acceptors (Lipinski definition) is 2. The third kappa shape index (κ3) is 7.13. The Kier molecular flexibility index (Phi) is 9.17. The molecule has 1 aromatic carbocycles. The zero-order valence-corrected chi connectivity index (χ0v) is 12.2. The molecule has 1 aromatic rings. The van der Waals surface area contributed by atoms with E-state index in [0.29, 0.717) is 13.0 Å². The Morgan fingerprint density at radius 2 is 2.11 bits per heavy atom. The van der Waals surface area contributed by atoms with Crippen LogP contribution in [0.3, 0.4) is 0 Å². The number of amides is 1. The smallest absolute Gasteiger partial charge is 0.220 e. The fourth-order valence-corrected chi connectivity index (χ4v) is 1.77. The molecule has 0 heterocycles. The van der Waals surface area contributed by atoms with Crippen LogP contribution in [0.1, 0.15) is 31.2 Å². The van der Waals surface area contributed by atoms with E-state index in [-0.39, 0.29) is 30.0 Å². The lowest BCUT2D eigenvalue weighted by Crippen LogP contribution is -2.27. The lowest BCUT2D eigenvalue weighted by molar-refractivity contribution is -0.121. The first-order valence-electron chi connectivity index (χ1n) is 6.30. The summed E-state index contributed by atoms with van der Waals surface area (Å²) in [6.07, 6.45) is 1.31. The normalized spacial score (nSPS) is 11.5. The van der Waals surface area contributed by atoms with Crippen LogP contribution in [0.2, 0.25) is 0 Å². The number of carbonyl (C=O) groups excluding carboxylic acids is 1. The van der Waals surface area contributed by atoms with E-state index in [0.717, 1.165) is 18.5 Å². The number of halogens is 2. The van der Waals surface area contributed by atoms with Gasteiger partial charge in [-0.25, -0.2) is 4.39 Å². The molecule has 1 rings (SSSR count). The third-order valence-corrected chi connectivity index (χ3v) is 2.84. The molecule has 5 heteroatoms. The first kappa shape index (κ1) is 17.9. The van der Waals surface area contributed by atoms with Gasteiger partial charge in [-0.05, 0) is 43.6 Å². The molecule has 1 atom stereocenters. The van der Waals surface area contributed by atoms with Crippen LogP contribution >= 0.6 is 12.4 Å². The number of hydrogen-bond donors (Lipinski definition) is 2. The van der Waals surface area contributed by atoms with Crippen molar-refractivity contribution in [3.8, 4) is 0 Å². The van der Waals surface area contributed by atoms with E-state index in [4.69, 9.17) is 0 Å². The average molecular weight is 289 g/mol. The predicted molar refractivity (Wildman–Crippen MR) is 78.2 cm³/mol. The molecule has 0 bridgehead atoms. The van der Waals surface area contributed by atoms with Crippen molar-refractivity contribution in [2.45, 2.75) is 25.7 Å². The van der Waals surface area contributed by atoms with Gasteiger partial charge in [-0.3, -0.25) is 4.79 Å². The van der Waals surface area contributed by atoms with Gasteiger partial charge in [-0.15, -0.1) is 12.4 Å². The quantitative estimate of drug-likeness (QED) is 0.757. The van der Waals surface area contributed by atoms with Gasteiger partial charge in [0, 0.05) is 13.0 Å². The Morgan fingerprint density at radius 1 is 1.37 bits per heavy atom. The monoisotopic (exact) mass is 288 g/mol. The standard InChI is InChI=1S/C14H21FN2O.ClH/c1-11(12-5-3-6-13(15)10-12)9-14(18)17-8-4-7-16-2;/h3,5-6,10-11,16H,4,7-9H2,1-2H3,(H,17,18);1H. The van der Waals surface area contributed by atoms with Gasteiger partial charge in [-0.1, -0.05) is 19.1 Å². The summed E-state index contributed by atoms with van der Waals surface area (Å²) >= 11 is 0. The van der Waals surface area contributed by atoms with E-state index in [9.17, 15) is 9.18 Å². The fraction of sp³-hybridized carbons (Fsp3) is 0.500. The maximum Gasteiger partial charge on any atom is 0.220 e. The number of nitrogens with one attached hydrogen (secondary N) is 2. The highest BCUT2D eigenvalue weighted by molar-refractivity contribution is 5.85. The molecule has 0 aliphatic heterocycles. The van der Waals surface area contributed by atoms with Crippen LogP contribution in [0.25, 0.3) is 0 Å². The van der Waals surface area contributed by atoms with Gasteiger partial charge in [0.25, 0.3) is 0 Å². The maximum absolute atomic E-state index is 13.0. The van der Waals surface area contributed by atoms with Gasteiger partial charge in [0.2, 0.25) is 5.91 Å². The molecule has 2 N–H and O–H groups in total. The van der Waals surface area contributed by atoms with E-state index in [1.807, 2.05) is 20.0 Å². The Labute approximate surface area is 120 Å². The molecule has 0 saturated heterocycles. The van der Waals surface area contributed by atoms with Gasteiger partial charge in [0.1, 0.15) is 5.82 Å². The predicted octanol–water partition coefficient (Wildman–Crippen LogP) is 2.47. The number of carbonyl (C=O) groups is 1. The van der Waals surface area contributed by atoms with Crippen LogP contribution in [-0.2, 0) is 4.79 Å². The summed E-state index contributed by atoms with van der Waals surface area (Å²) < 4.78 is 13.0. The van der Waals surface area contributed by atoms with Gasteiger partial charge in [0.15, 0.2) is 0 Å². The fourth-order valence-electron chi connectivity index (χ4n) is 1.77. The van der Waals surface area contributed by atoms with Gasteiger partial charge >= 0.3 is 0 Å². The first-order chi connectivity index (χ1) is 8.63. The van der Waals surface area contributed by atoms with E-state index in [1.54, 1.807) is 6.07 Å². The summed E-state index contributed by atoms with van der Waals surface area (Å²) in [4.78, 5) is 11.6. The topological polar surface area (TPSA) is 41.1 Å². The number of benzene rings is 1. The molecule has 0 aliphatic rings.